The lowest BCUT2D eigenvalue weighted by molar-refractivity contribution is -0.129. The average molecular weight is 428 g/mol. The number of thioether (sulfide) groups is 1. The summed E-state index contributed by atoms with van der Waals surface area (Å²) in [6.45, 7) is 6.52. The number of benzene rings is 1. The van der Waals surface area contributed by atoms with Crippen molar-refractivity contribution in [3.63, 3.8) is 0 Å². The first-order valence-corrected chi connectivity index (χ1v) is 11.8. The van der Waals surface area contributed by atoms with Crippen molar-refractivity contribution in [2.45, 2.75) is 44.3 Å². The lowest BCUT2D eigenvalue weighted by Gasteiger charge is -2.31. The van der Waals surface area contributed by atoms with E-state index in [1.807, 2.05) is 28.6 Å². The molecule has 2 aromatic heterocycles. The first-order valence-electron chi connectivity index (χ1n) is 9.96. The van der Waals surface area contributed by atoms with Gasteiger partial charge in [-0.25, -0.2) is 4.98 Å². The maximum absolute atomic E-state index is 12.8. The topological polar surface area (TPSA) is 63.9 Å². The highest BCUT2D eigenvalue weighted by Gasteiger charge is 2.26. The Hall–Kier alpha value is -2.19. The molecule has 1 aliphatic heterocycles. The predicted octanol–water partition coefficient (Wildman–Crippen LogP) is 4.23. The summed E-state index contributed by atoms with van der Waals surface area (Å²) in [5.74, 6) is 1.78. The van der Waals surface area contributed by atoms with Gasteiger partial charge in [-0.15, -0.1) is 21.5 Å². The molecule has 8 heteroatoms. The minimum absolute atomic E-state index is 0.166. The van der Waals surface area contributed by atoms with Crippen LogP contribution in [0.1, 0.15) is 36.3 Å². The van der Waals surface area contributed by atoms with Crippen molar-refractivity contribution in [2.75, 3.05) is 18.8 Å². The molecule has 1 amide bonds. The maximum atomic E-state index is 12.8. The molecule has 0 N–H and O–H groups in total. The molecule has 1 unspecified atom stereocenters. The Labute approximate surface area is 179 Å². The van der Waals surface area contributed by atoms with Gasteiger partial charge < -0.3 is 9.47 Å². The molecular formula is C21H25N5OS2. The van der Waals surface area contributed by atoms with E-state index in [0.29, 0.717) is 11.7 Å². The van der Waals surface area contributed by atoms with Gasteiger partial charge in [0.2, 0.25) is 5.91 Å². The largest absolute Gasteiger partial charge is 0.341 e. The summed E-state index contributed by atoms with van der Waals surface area (Å²) in [5, 5.41) is 12.7. The van der Waals surface area contributed by atoms with Crippen LogP contribution in [-0.4, -0.2) is 49.4 Å². The van der Waals surface area contributed by atoms with Crippen LogP contribution in [0, 0.1) is 6.92 Å². The number of aromatic nitrogens is 4. The zero-order valence-electron chi connectivity index (χ0n) is 16.7. The van der Waals surface area contributed by atoms with Crippen molar-refractivity contribution in [3.8, 4) is 11.4 Å². The van der Waals surface area contributed by atoms with Gasteiger partial charge in [-0.3, -0.25) is 4.79 Å². The van der Waals surface area contributed by atoms with E-state index in [-0.39, 0.29) is 5.91 Å². The number of likely N-dealkylation sites (tertiary alicyclic amines) is 1. The van der Waals surface area contributed by atoms with Gasteiger partial charge in [0.1, 0.15) is 0 Å². The van der Waals surface area contributed by atoms with Crippen LogP contribution < -0.4 is 0 Å². The number of thiazole rings is 1. The van der Waals surface area contributed by atoms with Crippen LogP contribution in [0.2, 0.25) is 0 Å². The van der Waals surface area contributed by atoms with E-state index in [9.17, 15) is 4.79 Å². The van der Waals surface area contributed by atoms with Crippen molar-refractivity contribution in [1.82, 2.24) is 24.6 Å². The Balaban J connectivity index is 1.42. The van der Waals surface area contributed by atoms with Crippen molar-refractivity contribution >= 4 is 29.0 Å². The Morgan fingerprint density at radius 1 is 1.31 bits per heavy atom. The summed E-state index contributed by atoms with van der Waals surface area (Å²) >= 11 is 3.16. The molecule has 29 heavy (non-hydrogen) atoms. The highest BCUT2D eigenvalue weighted by molar-refractivity contribution is 7.99. The monoisotopic (exact) mass is 427 g/mol. The molecular weight excluding hydrogens is 402 g/mol. The summed E-state index contributed by atoms with van der Waals surface area (Å²) in [4.78, 5) is 19.3. The fraction of sp³-hybridized carbons (Fsp3) is 0.429. The zero-order valence-corrected chi connectivity index (χ0v) is 18.4. The summed E-state index contributed by atoms with van der Waals surface area (Å²) in [6.07, 6.45) is 3.98. The summed E-state index contributed by atoms with van der Waals surface area (Å²) in [5.41, 5.74) is 2.26. The van der Waals surface area contributed by atoms with Crippen LogP contribution in [-0.2, 0) is 11.3 Å². The molecule has 1 aliphatic rings. The van der Waals surface area contributed by atoms with Gasteiger partial charge in [-0.05, 0) is 32.3 Å². The molecule has 3 heterocycles. The van der Waals surface area contributed by atoms with E-state index in [2.05, 4.69) is 45.7 Å². The summed E-state index contributed by atoms with van der Waals surface area (Å²) in [7, 11) is 0. The third kappa shape index (κ3) is 4.38. The summed E-state index contributed by atoms with van der Waals surface area (Å²) < 4.78 is 2.09. The van der Waals surface area contributed by atoms with Crippen LogP contribution in [0.25, 0.3) is 11.4 Å². The number of nitrogens with zero attached hydrogens (tertiary/aromatic N) is 5. The van der Waals surface area contributed by atoms with Crippen molar-refractivity contribution < 1.29 is 4.79 Å². The minimum atomic E-state index is 0.166. The van der Waals surface area contributed by atoms with E-state index < -0.39 is 0 Å². The molecule has 0 radical (unpaired) electrons. The van der Waals surface area contributed by atoms with Crippen molar-refractivity contribution in [1.29, 1.82) is 0 Å². The number of carbonyl (C=O) groups excluding carboxylic acids is 1. The molecule has 6 nitrogen and oxygen atoms in total. The first-order chi connectivity index (χ1) is 14.2. The third-order valence-corrected chi connectivity index (χ3v) is 7.21. The van der Waals surface area contributed by atoms with Crippen LogP contribution in [0.15, 0.2) is 41.0 Å². The maximum Gasteiger partial charge on any atom is 0.233 e. The molecule has 1 fully saturated rings. The number of amides is 1. The average Bonchev–Trinajstić information content (AvgIpc) is 3.42. The second-order valence-corrected chi connectivity index (χ2v) is 9.07. The van der Waals surface area contributed by atoms with Gasteiger partial charge in [0.25, 0.3) is 0 Å². The van der Waals surface area contributed by atoms with Gasteiger partial charge in [-0.1, -0.05) is 36.0 Å². The normalized spacial score (nSPS) is 16.9. The molecule has 0 spiro atoms. The zero-order chi connectivity index (χ0) is 20.2. The Kier molecular flexibility index (Phi) is 6.30. The van der Waals surface area contributed by atoms with E-state index in [4.69, 9.17) is 0 Å². The van der Waals surface area contributed by atoms with E-state index in [1.165, 1.54) is 17.3 Å². The van der Waals surface area contributed by atoms with E-state index in [1.54, 1.807) is 11.3 Å². The molecule has 0 saturated carbocycles. The fourth-order valence-corrected chi connectivity index (χ4v) is 5.44. The molecule has 1 saturated heterocycles. The lowest BCUT2D eigenvalue weighted by atomic mass is 9.99. The Morgan fingerprint density at radius 3 is 2.93 bits per heavy atom. The molecule has 4 rings (SSSR count). The SMILES string of the molecule is CCn1c(SCC(=O)N2CCCC(c3nccs3)C2)nnc1-c1ccccc1C. The second kappa shape index (κ2) is 9.09. The lowest BCUT2D eigenvalue weighted by Crippen LogP contribution is -2.40. The minimum Gasteiger partial charge on any atom is -0.341 e. The highest BCUT2D eigenvalue weighted by atomic mass is 32.2. The second-order valence-electron chi connectivity index (χ2n) is 7.20. The fourth-order valence-electron chi connectivity index (χ4n) is 3.76. The number of piperidine rings is 1. The molecule has 0 bridgehead atoms. The molecule has 0 aliphatic carbocycles. The van der Waals surface area contributed by atoms with E-state index >= 15 is 0 Å². The summed E-state index contributed by atoms with van der Waals surface area (Å²) in [6, 6.07) is 8.19. The van der Waals surface area contributed by atoms with Gasteiger partial charge >= 0.3 is 0 Å². The first kappa shape index (κ1) is 20.1. The third-order valence-electron chi connectivity index (χ3n) is 5.32. The van der Waals surface area contributed by atoms with Crippen molar-refractivity contribution in [3.05, 3.63) is 46.4 Å². The van der Waals surface area contributed by atoms with Gasteiger partial charge in [0.05, 0.1) is 10.8 Å². The quantitative estimate of drug-likeness (QED) is 0.551. The van der Waals surface area contributed by atoms with Crippen LogP contribution in [0.4, 0.5) is 0 Å². The molecule has 1 aromatic carbocycles. The van der Waals surface area contributed by atoms with Crippen LogP contribution >= 0.6 is 23.1 Å². The number of aryl methyl sites for hydroxylation is 1. The van der Waals surface area contributed by atoms with Crippen LogP contribution in [0.5, 0.6) is 0 Å². The smallest absolute Gasteiger partial charge is 0.233 e. The van der Waals surface area contributed by atoms with Gasteiger partial charge in [-0.2, -0.15) is 0 Å². The number of carbonyl (C=O) groups is 1. The molecule has 3 aromatic rings. The molecule has 152 valence electrons. The van der Waals surface area contributed by atoms with Crippen LogP contribution in [0.3, 0.4) is 0 Å². The predicted molar refractivity (Wildman–Crippen MR) is 117 cm³/mol. The van der Waals surface area contributed by atoms with Gasteiger partial charge in [0.15, 0.2) is 11.0 Å². The number of hydrogen-bond acceptors (Lipinski definition) is 6. The molecule has 1 atom stereocenters. The number of rotatable bonds is 6. The highest BCUT2D eigenvalue weighted by Crippen LogP contribution is 2.30. The number of hydrogen-bond donors (Lipinski definition) is 0. The Morgan fingerprint density at radius 2 is 2.17 bits per heavy atom. The van der Waals surface area contributed by atoms with Crippen molar-refractivity contribution in [2.24, 2.45) is 0 Å². The van der Waals surface area contributed by atoms with E-state index in [0.717, 1.165) is 54.0 Å². The Bertz CT molecular complexity index is 969. The standard InChI is InChI=1S/C21H25N5OS2/c1-3-26-19(17-9-5-4-7-15(17)2)23-24-21(26)29-14-18(27)25-11-6-8-16(13-25)20-22-10-12-28-20/h4-5,7,9-10,12,16H,3,6,8,11,13-14H2,1-2H3. The van der Waals surface area contributed by atoms with Gasteiger partial charge in [0, 0.05) is 42.7 Å².